The molecular weight excluding hydrogens is 458 g/mol. The van der Waals surface area contributed by atoms with Crippen LogP contribution in [0, 0.1) is 0 Å². The number of ether oxygens (including phenoxy) is 2. The number of amidine groups is 1. The molecule has 2 aliphatic heterocycles. The fraction of sp³-hybridized carbons (Fsp3) is 0.179. The van der Waals surface area contributed by atoms with Gasteiger partial charge in [0.05, 0.1) is 26.0 Å². The summed E-state index contributed by atoms with van der Waals surface area (Å²) in [6.45, 7) is 2.19. The highest BCUT2D eigenvalue weighted by molar-refractivity contribution is 6.33. The zero-order valence-electron chi connectivity index (χ0n) is 19.8. The first-order valence-electron chi connectivity index (χ1n) is 11.6. The number of rotatable bonds is 5. The van der Waals surface area contributed by atoms with Gasteiger partial charge >= 0.3 is 0 Å². The number of aliphatic imine (C=N–C) groups is 1. The van der Waals surface area contributed by atoms with Crippen LogP contribution in [0.25, 0.3) is 6.08 Å². The summed E-state index contributed by atoms with van der Waals surface area (Å²) in [4.78, 5) is 34.4. The molecule has 1 fully saturated rings. The van der Waals surface area contributed by atoms with Crippen molar-refractivity contribution < 1.29 is 24.2 Å². The lowest BCUT2D eigenvalue weighted by Gasteiger charge is -2.27. The van der Waals surface area contributed by atoms with Crippen molar-refractivity contribution in [2.45, 2.75) is 0 Å². The van der Waals surface area contributed by atoms with Gasteiger partial charge < -0.3 is 19.5 Å². The molecular formula is C28H25N3O5. The minimum atomic E-state index is -0.298. The first-order chi connectivity index (χ1) is 17.5. The molecule has 2 heterocycles. The Bertz CT molecular complexity index is 1340. The number of nitrogens with zero attached hydrogens (tertiary/aromatic N) is 3. The molecule has 0 aromatic heterocycles. The predicted octanol–water partition coefficient (Wildman–Crippen LogP) is 3.71. The highest BCUT2D eigenvalue weighted by Gasteiger charge is 2.32. The van der Waals surface area contributed by atoms with Crippen LogP contribution in [0.3, 0.4) is 0 Å². The monoisotopic (exact) mass is 483 g/mol. The van der Waals surface area contributed by atoms with Crippen LogP contribution in [0.15, 0.2) is 83.5 Å². The van der Waals surface area contributed by atoms with Crippen molar-refractivity contribution in [3.05, 3.63) is 95.2 Å². The number of carbonyl (C=O) groups excluding carboxylic acids is 2. The SMILES string of the molecule is COc1cc(/C=C2/N=C(c3ccccc3)N(c3ccc(C(=O)N4CCOCC4)cc3)C2=O)ccc1O. The summed E-state index contributed by atoms with van der Waals surface area (Å²) >= 11 is 0. The van der Waals surface area contributed by atoms with Crippen LogP contribution in [0.2, 0.25) is 0 Å². The van der Waals surface area contributed by atoms with Gasteiger partial charge in [-0.2, -0.15) is 0 Å². The van der Waals surface area contributed by atoms with Crippen LogP contribution in [0.5, 0.6) is 11.5 Å². The van der Waals surface area contributed by atoms with Crippen LogP contribution in [0.1, 0.15) is 21.5 Å². The lowest BCUT2D eigenvalue weighted by Crippen LogP contribution is -2.40. The Balaban J connectivity index is 1.49. The van der Waals surface area contributed by atoms with Gasteiger partial charge in [0.15, 0.2) is 11.5 Å². The fourth-order valence-corrected chi connectivity index (χ4v) is 4.18. The van der Waals surface area contributed by atoms with Crippen LogP contribution in [-0.4, -0.2) is 61.1 Å². The van der Waals surface area contributed by atoms with E-state index < -0.39 is 0 Å². The molecule has 0 bridgehead atoms. The molecule has 182 valence electrons. The summed E-state index contributed by atoms with van der Waals surface area (Å²) in [6.07, 6.45) is 1.66. The van der Waals surface area contributed by atoms with E-state index in [-0.39, 0.29) is 23.3 Å². The third-order valence-electron chi connectivity index (χ3n) is 6.07. The molecule has 0 unspecified atom stereocenters. The number of morpholine rings is 1. The van der Waals surface area contributed by atoms with Gasteiger partial charge in [-0.15, -0.1) is 0 Å². The van der Waals surface area contributed by atoms with Gasteiger partial charge in [-0.25, -0.2) is 4.99 Å². The second-order valence-corrected chi connectivity index (χ2v) is 8.35. The molecule has 3 aromatic rings. The molecule has 8 nitrogen and oxygen atoms in total. The first-order valence-corrected chi connectivity index (χ1v) is 11.6. The third-order valence-corrected chi connectivity index (χ3v) is 6.07. The topological polar surface area (TPSA) is 91.7 Å². The van der Waals surface area contributed by atoms with E-state index in [9.17, 15) is 14.7 Å². The van der Waals surface area contributed by atoms with Crippen molar-refractivity contribution in [2.24, 2.45) is 4.99 Å². The van der Waals surface area contributed by atoms with Gasteiger partial charge in [0.25, 0.3) is 11.8 Å². The van der Waals surface area contributed by atoms with Crippen molar-refractivity contribution in [3.63, 3.8) is 0 Å². The maximum atomic E-state index is 13.6. The van der Waals surface area contributed by atoms with Crippen LogP contribution in [0.4, 0.5) is 5.69 Å². The summed E-state index contributed by atoms with van der Waals surface area (Å²) < 4.78 is 10.5. The first kappa shape index (κ1) is 23.3. The number of methoxy groups -OCH3 is 1. The van der Waals surface area contributed by atoms with E-state index in [1.54, 1.807) is 52.3 Å². The van der Waals surface area contributed by atoms with Crippen molar-refractivity contribution in [1.29, 1.82) is 0 Å². The van der Waals surface area contributed by atoms with E-state index in [1.165, 1.54) is 13.2 Å². The van der Waals surface area contributed by atoms with Gasteiger partial charge in [-0.05, 0) is 48.0 Å². The molecule has 36 heavy (non-hydrogen) atoms. The van der Waals surface area contributed by atoms with Crippen molar-refractivity contribution in [1.82, 2.24) is 4.90 Å². The molecule has 1 N–H and O–H groups in total. The van der Waals surface area contributed by atoms with Crippen LogP contribution in [-0.2, 0) is 9.53 Å². The molecule has 0 spiro atoms. The Morgan fingerprint density at radius 1 is 1.03 bits per heavy atom. The number of phenolic OH excluding ortho intramolecular Hbond substituents is 1. The van der Waals surface area contributed by atoms with Gasteiger partial charge in [-0.1, -0.05) is 36.4 Å². The van der Waals surface area contributed by atoms with E-state index in [4.69, 9.17) is 9.47 Å². The molecule has 1 saturated heterocycles. The zero-order valence-corrected chi connectivity index (χ0v) is 19.8. The second-order valence-electron chi connectivity index (χ2n) is 8.35. The largest absolute Gasteiger partial charge is 0.504 e. The van der Waals surface area contributed by atoms with Crippen LogP contribution >= 0.6 is 0 Å². The maximum absolute atomic E-state index is 13.6. The van der Waals surface area contributed by atoms with Crippen molar-refractivity contribution in [2.75, 3.05) is 38.3 Å². The summed E-state index contributed by atoms with van der Waals surface area (Å²) in [5.74, 6) is 0.452. The molecule has 3 aromatic carbocycles. The number of anilines is 1. The molecule has 0 saturated carbocycles. The number of hydrogen-bond acceptors (Lipinski definition) is 6. The molecule has 0 aliphatic carbocycles. The Labute approximate surface area is 208 Å². The normalized spacial score (nSPS) is 16.9. The van der Waals surface area contributed by atoms with Gasteiger partial charge in [0.1, 0.15) is 11.5 Å². The number of phenols is 1. The Kier molecular flexibility index (Phi) is 6.51. The van der Waals surface area contributed by atoms with E-state index >= 15 is 0 Å². The average molecular weight is 484 g/mol. The molecule has 2 aliphatic rings. The van der Waals surface area contributed by atoms with E-state index in [0.29, 0.717) is 54.7 Å². The number of carbonyl (C=O) groups is 2. The lowest BCUT2D eigenvalue weighted by molar-refractivity contribution is -0.113. The Hall–Kier alpha value is -4.43. The van der Waals surface area contributed by atoms with Crippen molar-refractivity contribution >= 4 is 29.4 Å². The van der Waals surface area contributed by atoms with E-state index in [0.717, 1.165) is 5.56 Å². The quantitative estimate of drug-likeness (QED) is 0.559. The maximum Gasteiger partial charge on any atom is 0.282 e. The highest BCUT2D eigenvalue weighted by Crippen LogP contribution is 2.31. The standard InChI is InChI=1S/C28H25N3O5/c1-35-25-18-19(7-12-24(25)32)17-23-28(34)31(26(29-23)20-5-3-2-4-6-20)22-10-8-21(9-11-22)27(33)30-13-15-36-16-14-30/h2-12,17-18,32H,13-16H2,1H3/b23-17+. The molecule has 0 radical (unpaired) electrons. The van der Waals surface area contributed by atoms with Crippen molar-refractivity contribution in [3.8, 4) is 11.5 Å². The van der Waals surface area contributed by atoms with Gasteiger partial charge in [-0.3, -0.25) is 14.5 Å². The number of benzene rings is 3. The zero-order chi connectivity index (χ0) is 25.1. The predicted molar refractivity (Wildman–Crippen MR) is 136 cm³/mol. The Morgan fingerprint density at radius 2 is 1.75 bits per heavy atom. The number of amides is 2. The smallest absolute Gasteiger partial charge is 0.282 e. The van der Waals surface area contributed by atoms with Gasteiger partial charge in [0.2, 0.25) is 0 Å². The summed E-state index contributed by atoms with van der Waals surface area (Å²) in [5, 5.41) is 9.89. The van der Waals surface area contributed by atoms with E-state index in [2.05, 4.69) is 4.99 Å². The summed E-state index contributed by atoms with van der Waals surface area (Å²) in [5.41, 5.74) is 2.85. The minimum Gasteiger partial charge on any atom is -0.504 e. The third kappa shape index (κ3) is 4.58. The fourth-order valence-electron chi connectivity index (χ4n) is 4.18. The van der Waals surface area contributed by atoms with Gasteiger partial charge in [0, 0.05) is 24.2 Å². The minimum absolute atomic E-state index is 0.0132. The summed E-state index contributed by atoms with van der Waals surface area (Å²) in [7, 11) is 1.47. The highest BCUT2D eigenvalue weighted by atomic mass is 16.5. The van der Waals surface area contributed by atoms with Crippen LogP contribution < -0.4 is 9.64 Å². The molecule has 2 amide bonds. The molecule has 8 heteroatoms. The second kappa shape index (κ2) is 10.1. The number of hydrogen-bond donors (Lipinski definition) is 1. The lowest BCUT2D eigenvalue weighted by atomic mass is 10.1. The number of aromatic hydroxyl groups is 1. The molecule has 0 atom stereocenters. The Morgan fingerprint density at radius 3 is 2.44 bits per heavy atom. The average Bonchev–Trinajstić information content (AvgIpc) is 3.26. The van der Waals surface area contributed by atoms with E-state index in [1.807, 2.05) is 30.3 Å². The summed E-state index contributed by atoms with van der Waals surface area (Å²) in [6, 6.07) is 21.3. The molecule has 5 rings (SSSR count).